The van der Waals surface area contributed by atoms with Crippen LogP contribution in [0.2, 0.25) is 0 Å². The average molecular weight is 320 g/mol. The molecule has 0 aromatic carbocycles. The maximum atomic E-state index is 11.4. The molecule has 0 spiro atoms. The van der Waals surface area contributed by atoms with Gasteiger partial charge in [0.15, 0.2) is 0 Å². The van der Waals surface area contributed by atoms with E-state index in [4.69, 9.17) is 4.74 Å². The molecule has 0 amide bonds. The van der Waals surface area contributed by atoms with Gasteiger partial charge >= 0.3 is 5.97 Å². The van der Waals surface area contributed by atoms with Gasteiger partial charge in [0.05, 0.1) is 7.11 Å². The van der Waals surface area contributed by atoms with E-state index in [-0.39, 0.29) is 10.8 Å². The molecular formula is C12H18BrNO2S. The van der Waals surface area contributed by atoms with Crippen molar-refractivity contribution < 1.29 is 9.53 Å². The van der Waals surface area contributed by atoms with Crippen LogP contribution >= 0.6 is 27.3 Å². The van der Waals surface area contributed by atoms with Crippen molar-refractivity contribution in [1.82, 2.24) is 4.90 Å². The molecule has 0 aliphatic rings. The van der Waals surface area contributed by atoms with Crippen LogP contribution in [0, 0.1) is 0 Å². The van der Waals surface area contributed by atoms with Gasteiger partial charge in [-0.15, -0.1) is 11.3 Å². The first-order valence-electron chi connectivity index (χ1n) is 5.53. The summed E-state index contributed by atoms with van der Waals surface area (Å²) in [5, 5.41) is 2.07. The van der Waals surface area contributed by atoms with E-state index in [1.165, 1.54) is 12.0 Å². The summed E-state index contributed by atoms with van der Waals surface area (Å²) in [5.74, 6) is -0.221. The summed E-state index contributed by atoms with van der Waals surface area (Å²) in [7, 11) is 1.41. The zero-order valence-corrected chi connectivity index (χ0v) is 12.8. The van der Waals surface area contributed by atoms with Crippen LogP contribution in [-0.4, -0.2) is 35.4 Å². The van der Waals surface area contributed by atoms with E-state index in [0.29, 0.717) is 12.6 Å². The number of halogens is 1. The van der Waals surface area contributed by atoms with E-state index in [0.717, 1.165) is 6.54 Å². The predicted molar refractivity (Wildman–Crippen MR) is 74.6 cm³/mol. The molecule has 1 aromatic heterocycles. The fraction of sp³-hybridized carbons (Fsp3) is 0.583. The summed E-state index contributed by atoms with van der Waals surface area (Å²) in [6, 6.07) is 4.55. The van der Waals surface area contributed by atoms with Gasteiger partial charge in [0.2, 0.25) is 0 Å². The molecule has 1 heterocycles. The van der Waals surface area contributed by atoms with E-state index in [1.807, 2.05) is 6.07 Å². The fourth-order valence-electron chi connectivity index (χ4n) is 1.47. The maximum absolute atomic E-state index is 11.4. The summed E-state index contributed by atoms with van der Waals surface area (Å²) < 4.78 is 4.72. The molecule has 0 saturated heterocycles. The Balaban J connectivity index is 2.57. The SMILES string of the molecule is COC(=O)C(Br)CN(Cc1cccs1)C(C)C. The van der Waals surface area contributed by atoms with Crippen molar-refractivity contribution in [3.05, 3.63) is 22.4 Å². The van der Waals surface area contributed by atoms with E-state index in [9.17, 15) is 4.79 Å². The van der Waals surface area contributed by atoms with Crippen LogP contribution in [0.3, 0.4) is 0 Å². The number of hydrogen-bond acceptors (Lipinski definition) is 4. The standard InChI is InChI=1S/C12H18BrNO2S/c1-9(2)14(7-10-5-4-6-17-10)8-11(13)12(15)16-3/h4-6,9,11H,7-8H2,1-3H3. The highest BCUT2D eigenvalue weighted by molar-refractivity contribution is 9.10. The molecule has 0 bridgehead atoms. The predicted octanol–water partition coefficient (Wildman–Crippen LogP) is 2.90. The minimum absolute atomic E-state index is 0.221. The lowest BCUT2D eigenvalue weighted by molar-refractivity contribution is -0.140. The molecule has 0 radical (unpaired) electrons. The molecule has 0 aliphatic heterocycles. The van der Waals surface area contributed by atoms with E-state index in [2.05, 4.69) is 46.1 Å². The minimum Gasteiger partial charge on any atom is -0.468 e. The highest BCUT2D eigenvalue weighted by Gasteiger charge is 2.21. The van der Waals surface area contributed by atoms with Crippen LogP contribution in [0.25, 0.3) is 0 Å². The quantitative estimate of drug-likeness (QED) is 0.596. The van der Waals surface area contributed by atoms with Gasteiger partial charge in [-0.1, -0.05) is 22.0 Å². The van der Waals surface area contributed by atoms with Gasteiger partial charge in [0.1, 0.15) is 4.83 Å². The van der Waals surface area contributed by atoms with Crippen LogP contribution in [0.5, 0.6) is 0 Å². The lowest BCUT2D eigenvalue weighted by atomic mass is 10.2. The summed E-state index contributed by atoms with van der Waals surface area (Å²) in [4.78, 5) is 14.7. The number of esters is 1. The largest absolute Gasteiger partial charge is 0.468 e. The third-order valence-corrected chi connectivity index (χ3v) is 4.05. The number of hydrogen-bond donors (Lipinski definition) is 0. The molecule has 17 heavy (non-hydrogen) atoms. The Labute approximate surface area is 115 Å². The number of ether oxygens (including phenoxy) is 1. The lowest BCUT2D eigenvalue weighted by Gasteiger charge is -2.27. The Morgan fingerprint density at radius 2 is 2.29 bits per heavy atom. The molecule has 1 unspecified atom stereocenters. The van der Waals surface area contributed by atoms with Crippen LogP contribution in [-0.2, 0) is 16.1 Å². The van der Waals surface area contributed by atoms with Gasteiger partial charge in [0.25, 0.3) is 0 Å². The number of alkyl halides is 1. The normalized spacial score (nSPS) is 13.1. The Morgan fingerprint density at radius 1 is 1.59 bits per heavy atom. The zero-order chi connectivity index (χ0) is 12.8. The van der Waals surface area contributed by atoms with Crippen molar-refractivity contribution in [2.24, 2.45) is 0 Å². The van der Waals surface area contributed by atoms with Gasteiger partial charge in [-0.05, 0) is 25.3 Å². The molecule has 96 valence electrons. The Hall–Kier alpha value is -0.390. The van der Waals surface area contributed by atoms with Crippen LogP contribution in [0.4, 0.5) is 0 Å². The maximum Gasteiger partial charge on any atom is 0.320 e. The summed E-state index contributed by atoms with van der Waals surface area (Å²) in [5.41, 5.74) is 0. The zero-order valence-electron chi connectivity index (χ0n) is 10.4. The van der Waals surface area contributed by atoms with Gasteiger partial charge in [-0.25, -0.2) is 0 Å². The molecule has 1 rings (SSSR count). The van der Waals surface area contributed by atoms with E-state index in [1.54, 1.807) is 11.3 Å². The van der Waals surface area contributed by atoms with Gasteiger partial charge in [-0.3, -0.25) is 9.69 Å². The van der Waals surface area contributed by atoms with Crippen LogP contribution in [0.1, 0.15) is 18.7 Å². The number of carbonyl (C=O) groups excluding carboxylic acids is 1. The molecule has 5 heteroatoms. The molecule has 1 atom stereocenters. The Morgan fingerprint density at radius 3 is 2.76 bits per heavy atom. The van der Waals surface area contributed by atoms with E-state index >= 15 is 0 Å². The highest BCUT2D eigenvalue weighted by Crippen LogP contribution is 2.16. The van der Waals surface area contributed by atoms with Crippen LogP contribution < -0.4 is 0 Å². The second kappa shape index (κ2) is 7.13. The summed E-state index contributed by atoms with van der Waals surface area (Å²) in [6.07, 6.45) is 0. The Bertz CT molecular complexity index is 340. The van der Waals surface area contributed by atoms with Gasteiger partial charge in [0, 0.05) is 24.0 Å². The molecule has 3 nitrogen and oxygen atoms in total. The molecule has 0 fully saturated rings. The van der Waals surface area contributed by atoms with E-state index < -0.39 is 0 Å². The number of methoxy groups -OCH3 is 1. The molecule has 0 N–H and O–H groups in total. The van der Waals surface area contributed by atoms with Gasteiger partial charge < -0.3 is 4.74 Å². The number of carbonyl (C=O) groups is 1. The van der Waals surface area contributed by atoms with Crippen molar-refractivity contribution in [3.63, 3.8) is 0 Å². The fourth-order valence-corrected chi connectivity index (χ4v) is 2.76. The van der Waals surface area contributed by atoms with Crippen molar-refractivity contribution in [2.45, 2.75) is 31.3 Å². The van der Waals surface area contributed by atoms with Crippen molar-refractivity contribution in [3.8, 4) is 0 Å². The first kappa shape index (κ1) is 14.7. The second-order valence-corrected chi connectivity index (χ2v) is 6.23. The first-order chi connectivity index (χ1) is 8.04. The summed E-state index contributed by atoms with van der Waals surface area (Å²) in [6.45, 7) is 5.78. The second-order valence-electron chi connectivity index (χ2n) is 4.09. The Kier molecular flexibility index (Phi) is 6.16. The number of rotatable bonds is 6. The minimum atomic E-state index is -0.269. The third-order valence-electron chi connectivity index (χ3n) is 2.52. The van der Waals surface area contributed by atoms with Crippen LogP contribution in [0.15, 0.2) is 17.5 Å². The monoisotopic (exact) mass is 319 g/mol. The lowest BCUT2D eigenvalue weighted by Crippen LogP contribution is -2.38. The van der Waals surface area contributed by atoms with Gasteiger partial charge in [-0.2, -0.15) is 0 Å². The molecule has 0 aliphatic carbocycles. The smallest absolute Gasteiger partial charge is 0.320 e. The average Bonchev–Trinajstić information content (AvgIpc) is 2.79. The van der Waals surface area contributed by atoms with Crippen molar-refractivity contribution in [1.29, 1.82) is 0 Å². The third kappa shape index (κ3) is 4.77. The first-order valence-corrected chi connectivity index (χ1v) is 7.32. The number of thiophene rings is 1. The molecular weight excluding hydrogens is 302 g/mol. The van der Waals surface area contributed by atoms with Crippen molar-refractivity contribution >= 4 is 33.2 Å². The molecule has 1 aromatic rings. The highest BCUT2D eigenvalue weighted by atomic mass is 79.9. The topological polar surface area (TPSA) is 29.5 Å². The number of nitrogens with zero attached hydrogens (tertiary/aromatic N) is 1. The summed E-state index contributed by atoms with van der Waals surface area (Å²) >= 11 is 5.10. The molecule has 0 saturated carbocycles. The van der Waals surface area contributed by atoms with Crippen molar-refractivity contribution in [2.75, 3.05) is 13.7 Å².